The van der Waals surface area contributed by atoms with Gasteiger partial charge >= 0.3 is 0 Å². The average Bonchev–Trinajstić information content (AvgIpc) is 2.41. The third kappa shape index (κ3) is 2.82. The van der Waals surface area contributed by atoms with Crippen molar-refractivity contribution in [3.63, 3.8) is 0 Å². The first-order valence-corrected chi connectivity index (χ1v) is 8.40. The number of hydrogen-bond acceptors (Lipinski definition) is 4. The number of hydrogen-bond donors (Lipinski definition) is 0. The average molecular weight is 307 g/mol. The maximum Gasteiger partial charge on any atom is 0.244 e. The zero-order valence-corrected chi connectivity index (χ0v) is 13.5. The van der Waals surface area contributed by atoms with E-state index in [1.165, 1.54) is 16.4 Å². The highest BCUT2D eigenvalue weighted by Gasteiger charge is 2.42. The van der Waals surface area contributed by atoms with Crippen molar-refractivity contribution in [2.75, 3.05) is 27.7 Å². The van der Waals surface area contributed by atoms with Gasteiger partial charge in [0.2, 0.25) is 10.0 Å². The Bertz CT molecular complexity index is 658. The fraction of sp³-hybridized carbons (Fsp3) is 0.533. The summed E-state index contributed by atoms with van der Waals surface area (Å²) >= 11 is 0. The number of nitriles is 1. The first-order valence-electron chi connectivity index (χ1n) is 6.96. The van der Waals surface area contributed by atoms with E-state index < -0.39 is 10.0 Å². The van der Waals surface area contributed by atoms with E-state index in [2.05, 4.69) is 4.90 Å². The molecular weight excluding hydrogens is 286 g/mol. The number of nitrogens with zero attached hydrogens (tertiary/aromatic N) is 3. The van der Waals surface area contributed by atoms with E-state index in [1.807, 2.05) is 20.2 Å². The number of rotatable bonds is 5. The Morgan fingerprint density at radius 2 is 1.86 bits per heavy atom. The van der Waals surface area contributed by atoms with Crippen molar-refractivity contribution in [1.29, 1.82) is 5.26 Å². The van der Waals surface area contributed by atoms with E-state index in [1.54, 1.807) is 19.2 Å². The molecule has 1 aromatic carbocycles. The molecule has 21 heavy (non-hydrogen) atoms. The van der Waals surface area contributed by atoms with Crippen LogP contribution in [0.2, 0.25) is 0 Å². The lowest BCUT2D eigenvalue weighted by Gasteiger charge is -2.48. The summed E-state index contributed by atoms with van der Waals surface area (Å²) in [6.07, 6.45) is 3.13. The van der Waals surface area contributed by atoms with Crippen molar-refractivity contribution in [3.8, 4) is 6.07 Å². The lowest BCUT2D eigenvalue weighted by Crippen LogP contribution is -2.57. The van der Waals surface area contributed by atoms with Crippen LogP contribution in [0.25, 0.3) is 0 Å². The Morgan fingerprint density at radius 3 is 2.33 bits per heavy atom. The maximum absolute atomic E-state index is 12.7. The molecule has 0 aromatic heterocycles. The Kier molecular flexibility index (Phi) is 4.38. The molecule has 114 valence electrons. The molecule has 0 radical (unpaired) electrons. The van der Waals surface area contributed by atoms with Gasteiger partial charge in [-0.2, -0.15) is 9.57 Å². The molecule has 0 saturated heterocycles. The van der Waals surface area contributed by atoms with Gasteiger partial charge < -0.3 is 4.90 Å². The smallest absolute Gasteiger partial charge is 0.244 e. The molecule has 0 atom stereocenters. The summed E-state index contributed by atoms with van der Waals surface area (Å²) in [4.78, 5) is 2.20. The molecule has 1 fully saturated rings. The normalized spacial score (nSPS) is 17.5. The number of likely N-dealkylation sites (N-methyl/N-ethyl adjacent to an activating group) is 2. The van der Waals surface area contributed by atoms with Gasteiger partial charge in [-0.3, -0.25) is 0 Å². The van der Waals surface area contributed by atoms with Crippen LogP contribution in [0.4, 0.5) is 0 Å². The van der Waals surface area contributed by atoms with Gasteiger partial charge in [-0.15, -0.1) is 0 Å². The monoisotopic (exact) mass is 307 g/mol. The Balaban J connectivity index is 2.30. The summed E-state index contributed by atoms with van der Waals surface area (Å²) in [7, 11) is 1.93. The van der Waals surface area contributed by atoms with Crippen molar-refractivity contribution in [2.45, 2.75) is 29.7 Å². The zero-order valence-electron chi connectivity index (χ0n) is 12.7. The van der Waals surface area contributed by atoms with Crippen LogP contribution in [0.15, 0.2) is 29.2 Å². The third-order valence-corrected chi connectivity index (χ3v) is 6.31. The van der Waals surface area contributed by atoms with Crippen molar-refractivity contribution in [2.24, 2.45) is 0 Å². The van der Waals surface area contributed by atoms with Gasteiger partial charge in [-0.05, 0) is 45.5 Å². The molecule has 1 aliphatic rings. The number of benzene rings is 1. The second kappa shape index (κ2) is 5.76. The van der Waals surface area contributed by atoms with Crippen LogP contribution in [0.3, 0.4) is 0 Å². The van der Waals surface area contributed by atoms with E-state index in [9.17, 15) is 8.42 Å². The fourth-order valence-corrected chi connectivity index (χ4v) is 4.17. The summed E-state index contributed by atoms with van der Waals surface area (Å²) in [5, 5.41) is 9.10. The fourth-order valence-electron chi connectivity index (χ4n) is 2.78. The molecule has 2 rings (SSSR count). The van der Waals surface area contributed by atoms with Gasteiger partial charge in [0.1, 0.15) is 6.07 Å². The molecule has 0 N–H and O–H groups in total. The Hall–Kier alpha value is -1.42. The van der Waals surface area contributed by atoms with E-state index >= 15 is 0 Å². The van der Waals surface area contributed by atoms with E-state index in [-0.39, 0.29) is 16.0 Å². The highest BCUT2D eigenvalue weighted by molar-refractivity contribution is 7.89. The molecule has 6 heteroatoms. The van der Waals surface area contributed by atoms with Crippen molar-refractivity contribution in [3.05, 3.63) is 29.8 Å². The highest BCUT2D eigenvalue weighted by Crippen LogP contribution is 2.37. The number of sulfonamides is 1. The van der Waals surface area contributed by atoms with Crippen molar-refractivity contribution < 1.29 is 8.42 Å². The van der Waals surface area contributed by atoms with E-state index in [0.29, 0.717) is 6.54 Å². The standard InChI is InChI=1S/C15H21N3O2S/c1-17(2)15(9-6-10-15)12-18(3)21(19,20)14-8-5-4-7-13(14)11-16/h4-5,7-8H,6,9-10,12H2,1-3H3. The second-order valence-corrected chi connectivity index (χ2v) is 7.85. The van der Waals surface area contributed by atoms with Crippen molar-refractivity contribution in [1.82, 2.24) is 9.21 Å². The molecule has 0 spiro atoms. The van der Waals surface area contributed by atoms with Gasteiger partial charge in [0.05, 0.1) is 10.5 Å². The predicted octanol–water partition coefficient (Wildman–Crippen LogP) is 1.66. The summed E-state index contributed by atoms with van der Waals surface area (Å²) < 4.78 is 26.8. The van der Waals surface area contributed by atoms with Crippen LogP contribution in [-0.2, 0) is 10.0 Å². The van der Waals surface area contributed by atoms with Crippen LogP contribution in [0, 0.1) is 11.3 Å². The lowest BCUT2D eigenvalue weighted by atomic mass is 9.75. The molecule has 0 aliphatic heterocycles. The molecule has 0 bridgehead atoms. The maximum atomic E-state index is 12.7. The largest absolute Gasteiger partial charge is 0.302 e. The first-order chi connectivity index (χ1) is 9.83. The van der Waals surface area contributed by atoms with Crippen LogP contribution in [0.5, 0.6) is 0 Å². The molecule has 0 unspecified atom stereocenters. The SMILES string of the molecule is CN(C)C1(CN(C)S(=O)(=O)c2ccccc2C#N)CCC1. The van der Waals surface area contributed by atoms with Crippen LogP contribution < -0.4 is 0 Å². The van der Waals surface area contributed by atoms with E-state index in [4.69, 9.17) is 5.26 Å². The minimum Gasteiger partial charge on any atom is -0.302 e. The van der Waals surface area contributed by atoms with Gasteiger partial charge in [-0.1, -0.05) is 12.1 Å². The van der Waals surface area contributed by atoms with Crippen LogP contribution in [0.1, 0.15) is 24.8 Å². The van der Waals surface area contributed by atoms with Gasteiger partial charge in [0, 0.05) is 19.1 Å². The first kappa shape index (κ1) is 16.0. The van der Waals surface area contributed by atoms with Crippen molar-refractivity contribution >= 4 is 10.0 Å². The quantitative estimate of drug-likeness (QED) is 0.830. The van der Waals surface area contributed by atoms with E-state index in [0.717, 1.165) is 19.3 Å². The summed E-state index contributed by atoms with van der Waals surface area (Å²) in [5.41, 5.74) is 0.112. The zero-order chi connectivity index (χ0) is 15.7. The minimum absolute atomic E-state index is 0.0800. The molecule has 1 saturated carbocycles. The Morgan fingerprint density at radius 1 is 1.24 bits per heavy atom. The summed E-state index contributed by atoms with van der Waals surface area (Å²) in [5.74, 6) is 0. The Labute approximate surface area is 126 Å². The summed E-state index contributed by atoms with van der Waals surface area (Å²) in [6, 6.07) is 8.30. The molecule has 1 aromatic rings. The van der Waals surface area contributed by atoms with Gasteiger partial charge in [0.25, 0.3) is 0 Å². The van der Waals surface area contributed by atoms with Crippen LogP contribution >= 0.6 is 0 Å². The van der Waals surface area contributed by atoms with Gasteiger partial charge in [-0.25, -0.2) is 8.42 Å². The van der Waals surface area contributed by atoms with Crippen LogP contribution in [-0.4, -0.2) is 50.8 Å². The highest BCUT2D eigenvalue weighted by atomic mass is 32.2. The minimum atomic E-state index is -3.64. The van der Waals surface area contributed by atoms with Gasteiger partial charge in [0.15, 0.2) is 0 Å². The predicted molar refractivity (Wildman–Crippen MR) is 81.2 cm³/mol. The molecule has 5 nitrogen and oxygen atoms in total. The molecule has 0 heterocycles. The molecule has 1 aliphatic carbocycles. The topological polar surface area (TPSA) is 64.4 Å². The lowest BCUT2D eigenvalue weighted by molar-refractivity contribution is 0.0455. The second-order valence-electron chi connectivity index (χ2n) is 5.84. The molecule has 0 amide bonds. The molecular formula is C15H21N3O2S. The summed E-state index contributed by atoms with van der Waals surface area (Å²) in [6.45, 7) is 0.447. The third-order valence-electron chi connectivity index (χ3n) is 4.45.